The van der Waals surface area contributed by atoms with Gasteiger partial charge in [0.25, 0.3) is 0 Å². The Kier molecular flexibility index (Phi) is 4.44. The summed E-state index contributed by atoms with van der Waals surface area (Å²) in [5, 5.41) is 13.4. The third-order valence-corrected chi connectivity index (χ3v) is 5.37. The van der Waals surface area contributed by atoms with Gasteiger partial charge in [0.2, 0.25) is 0 Å². The summed E-state index contributed by atoms with van der Waals surface area (Å²) < 4.78 is 7.30. The zero-order chi connectivity index (χ0) is 18.9. The largest absolute Gasteiger partial charge is 0.378 e. The van der Waals surface area contributed by atoms with E-state index < -0.39 is 0 Å². The lowest BCUT2D eigenvalue weighted by molar-refractivity contribution is 0.122. The van der Waals surface area contributed by atoms with Crippen molar-refractivity contribution in [2.45, 2.75) is 6.92 Å². The van der Waals surface area contributed by atoms with Crippen molar-refractivity contribution in [2.24, 2.45) is 0 Å². The molecule has 2 saturated heterocycles. The van der Waals surface area contributed by atoms with Gasteiger partial charge >= 0.3 is 0 Å². The van der Waals surface area contributed by atoms with Crippen LogP contribution in [0.2, 0.25) is 0 Å². The summed E-state index contributed by atoms with van der Waals surface area (Å²) in [4.78, 5) is 11.4. The van der Waals surface area contributed by atoms with Crippen LogP contribution in [0.25, 0.3) is 5.52 Å². The van der Waals surface area contributed by atoms with E-state index >= 15 is 0 Å². The number of aryl methyl sites for hydroxylation is 1. The topological polar surface area (TPSA) is 74.9 Å². The Morgan fingerprint density at radius 2 is 1.50 bits per heavy atom. The summed E-state index contributed by atoms with van der Waals surface area (Å²) >= 11 is 0. The molecule has 0 amide bonds. The lowest BCUT2D eigenvalue weighted by atomic mass is 10.3. The first-order chi connectivity index (χ1) is 13.8. The monoisotopic (exact) mass is 380 g/mol. The highest BCUT2D eigenvalue weighted by atomic mass is 16.5. The zero-order valence-electron chi connectivity index (χ0n) is 16.0. The maximum atomic E-state index is 5.40. The van der Waals surface area contributed by atoms with E-state index in [1.165, 1.54) is 0 Å². The molecule has 9 heteroatoms. The van der Waals surface area contributed by atoms with Gasteiger partial charge in [-0.2, -0.15) is 5.10 Å². The van der Waals surface area contributed by atoms with E-state index in [0.29, 0.717) is 0 Å². The van der Waals surface area contributed by atoms with Gasteiger partial charge < -0.3 is 19.4 Å². The Hall–Kier alpha value is -2.94. The minimum atomic E-state index is 0.753. The van der Waals surface area contributed by atoms with Gasteiger partial charge in [-0.3, -0.25) is 0 Å². The molecule has 0 saturated carbocycles. The molecule has 5 rings (SSSR count). The molecule has 3 aromatic heterocycles. The minimum absolute atomic E-state index is 0.753. The van der Waals surface area contributed by atoms with Gasteiger partial charge in [0.15, 0.2) is 17.5 Å². The molecule has 2 aliphatic rings. The van der Waals surface area contributed by atoms with Crippen LogP contribution in [-0.2, 0) is 4.74 Å². The van der Waals surface area contributed by atoms with Crippen molar-refractivity contribution in [3.63, 3.8) is 0 Å². The van der Waals surface area contributed by atoms with Crippen molar-refractivity contribution in [1.82, 2.24) is 24.8 Å². The zero-order valence-corrected chi connectivity index (χ0v) is 16.0. The van der Waals surface area contributed by atoms with Crippen LogP contribution in [0.3, 0.4) is 0 Å². The number of aromatic nitrogens is 5. The molecule has 0 unspecified atom stereocenters. The number of piperazine rings is 1. The Balaban J connectivity index is 1.26. The van der Waals surface area contributed by atoms with Crippen molar-refractivity contribution in [1.29, 1.82) is 0 Å². The number of morpholine rings is 1. The van der Waals surface area contributed by atoms with Gasteiger partial charge in [-0.05, 0) is 25.1 Å². The average Bonchev–Trinajstić information content (AvgIpc) is 3.15. The number of fused-ring (bicyclic) bond motifs is 1. The summed E-state index contributed by atoms with van der Waals surface area (Å²) in [6.45, 7) is 8.83. The van der Waals surface area contributed by atoms with Crippen molar-refractivity contribution in [2.75, 3.05) is 67.2 Å². The number of hydrogen-bond donors (Lipinski definition) is 0. The van der Waals surface area contributed by atoms with Crippen LogP contribution in [-0.4, -0.2) is 77.3 Å². The maximum Gasteiger partial charge on any atom is 0.154 e. The first-order valence-electron chi connectivity index (χ1n) is 9.75. The summed E-state index contributed by atoms with van der Waals surface area (Å²) in [7, 11) is 0. The van der Waals surface area contributed by atoms with Crippen LogP contribution in [0.15, 0.2) is 30.6 Å². The summed E-state index contributed by atoms with van der Waals surface area (Å²) in [6, 6.07) is 6.23. The number of anilines is 3. The lowest BCUT2D eigenvalue weighted by Crippen LogP contribution is -2.47. The Morgan fingerprint density at radius 1 is 0.857 bits per heavy atom. The molecular weight excluding hydrogens is 356 g/mol. The lowest BCUT2D eigenvalue weighted by Gasteiger charge is -2.36. The molecule has 9 nitrogen and oxygen atoms in total. The molecule has 0 N–H and O–H groups in total. The second-order valence-corrected chi connectivity index (χ2v) is 7.19. The predicted octanol–water partition coefficient (Wildman–Crippen LogP) is 0.991. The fourth-order valence-electron chi connectivity index (χ4n) is 3.87. The number of hydrogen-bond acceptors (Lipinski definition) is 8. The van der Waals surface area contributed by atoms with Crippen molar-refractivity contribution >= 4 is 23.0 Å². The first-order valence-corrected chi connectivity index (χ1v) is 9.75. The van der Waals surface area contributed by atoms with E-state index in [4.69, 9.17) is 4.74 Å². The SMILES string of the molecule is Cc1cc2c(N3CCN(c4ccc(N5CCOCC5)nn4)CC3)nccn2n1. The Morgan fingerprint density at radius 3 is 2.18 bits per heavy atom. The molecule has 0 atom stereocenters. The van der Waals surface area contributed by atoms with Gasteiger partial charge in [-0.25, -0.2) is 9.50 Å². The second kappa shape index (κ2) is 7.23. The van der Waals surface area contributed by atoms with Crippen molar-refractivity contribution < 1.29 is 4.74 Å². The highest BCUT2D eigenvalue weighted by molar-refractivity contribution is 5.69. The van der Waals surface area contributed by atoms with E-state index in [0.717, 1.165) is 81.1 Å². The standard InChI is InChI=1S/C19H24N8O/c1-15-14-16-19(20-4-5-27(16)23-15)26-8-6-24(7-9-26)17-2-3-18(22-21-17)25-10-12-28-13-11-25/h2-5,14H,6-13H2,1H3. The molecule has 28 heavy (non-hydrogen) atoms. The molecule has 2 fully saturated rings. The number of nitrogens with zero attached hydrogens (tertiary/aromatic N) is 8. The molecule has 0 bridgehead atoms. The van der Waals surface area contributed by atoms with Crippen molar-refractivity contribution in [3.05, 3.63) is 36.3 Å². The third kappa shape index (κ3) is 3.22. The summed E-state index contributed by atoms with van der Waals surface area (Å²) in [5.74, 6) is 2.86. The highest BCUT2D eigenvalue weighted by Gasteiger charge is 2.22. The van der Waals surface area contributed by atoms with Gasteiger partial charge in [0, 0.05) is 51.7 Å². The van der Waals surface area contributed by atoms with Crippen LogP contribution in [0.5, 0.6) is 0 Å². The molecule has 2 aliphatic heterocycles. The fourth-order valence-corrected chi connectivity index (χ4v) is 3.87. The van der Waals surface area contributed by atoms with Crippen LogP contribution in [0.1, 0.15) is 5.69 Å². The smallest absolute Gasteiger partial charge is 0.154 e. The van der Waals surface area contributed by atoms with Crippen LogP contribution >= 0.6 is 0 Å². The molecule has 0 radical (unpaired) electrons. The number of ether oxygens (including phenoxy) is 1. The molecule has 0 aliphatic carbocycles. The quantitative estimate of drug-likeness (QED) is 0.666. The summed E-state index contributed by atoms with van der Waals surface area (Å²) in [6.07, 6.45) is 3.71. The van der Waals surface area contributed by atoms with E-state index in [1.54, 1.807) is 0 Å². The van der Waals surface area contributed by atoms with E-state index in [9.17, 15) is 0 Å². The summed E-state index contributed by atoms with van der Waals surface area (Å²) in [5.41, 5.74) is 2.06. The maximum absolute atomic E-state index is 5.40. The molecule has 146 valence electrons. The van der Waals surface area contributed by atoms with Gasteiger partial charge in [0.05, 0.1) is 18.9 Å². The Labute approximate surface area is 163 Å². The molecule has 5 heterocycles. The van der Waals surface area contributed by atoms with Crippen LogP contribution in [0, 0.1) is 6.92 Å². The average molecular weight is 380 g/mol. The molecular formula is C19H24N8O. The van der Waals surface area contributed by atoms with E-state index in [-0.39, 0.29) is 0 Å². The van der Waals surface area contributed by atoms with Crippen LogP contribution in [0.4, 0.5) is 17.5 Å². The van der Waals surface area contributed by atoms with Gasteiger partial charge in [0.1, 0.15) is 5.52 Å². The minimum Gasteiger partial charge on any atom is -0.378 e. The predicted molar refractivity (Wildman–Crippen MR) is 107 cm³/mol. The highest BCUT2D eigenvalue weighted by Crippen LogP contribution is 2.23. The van der Waals surface area contributed by atoms with Crippen molar-refractivity contribution in [3.8, 4) is 0 Å². The van der Waals surface area contributed by atoms with Crippen LogP contribution < -0.4 is 14.7 Å². The second-order valence-electron chi connectivity index (χ2n) is 7.19. The Bertz CT molecular complexity index is 942. The third-order valence-electron chi connectivity index (χ3n) is 5.37. The fraction of sp³-hybridized carbons (Fsp3) is 0.474. The number of rotatable bonds is 3. The molecule has 0 spiro atoms. The first kappa shape index (κ1) is 17.2. The molecule has 0 aromatic carbocycles. The van der Waals surface area contributed by atoms with Gasteiger partial charge in [-0.15, -0.1) is 10.2 Å². The van der Waals surface area contributed by atoms with Gasteiger partial charge in [-0.1, -0.05) is 0 Å². The van der Waals surface area contributed by atoms with E-state index in [2.05, 4.69) is 53.2 Å². The molecule has 3 aromatic rings. The van der Waals surface area contributed by atoms with E-state index in [1.807, 2.05) is 23.8 Å². The normalized spacial score (nSPS) is 18.1.